The van der Waals surface area contributed by atoms with Crippen molar-refractivity contribution in [2.75, 3.05) is 19.6 Å². The van der Waals surface area contributed by atoms with Crippen LogP contribution in [0.4, 0.5) is 0 Å². The molecule has 1 aromatic carbocycles. The average Bonchev–Trinajstić information content (AvgIpc) is 3.32. The van der Waals surface area contributed by atoms with Crippen LogP contribution in [0.15, 0.2) is 35.3 Å². The van der Waals surface area contributed by atoms with Crippen molar-refractivity contribution >= 4 is 10.8 Å². The van der Waals surface area contributed by atoms with E-state index in [2.05, 4.69) is 9.88 Å². The number of benzene rings is 1. The van der Waals surface area contributed by atoms with Gasteiger partial charge in [0, 0.05) is 24.7 Å². The Hall–Kier alpha value is -1.81. The zero-order chi connectivity index (χ0) is 14.9. The van der Waals surface area contributed by atoms with Gasteiger partial charge in [0.15, 0.2) is 0 Å². The third-order valence-electron chi connectivity index (χ3n) is 4.72. The van der Waals surface area contributed by atoms with Crippen molar-refractivity contribution in [2.24, 2.45) is 5.92 Å². The number of piperidine rings is 1. The van der Waals surface area contributed by atoms with Crippen molar-refractivity contribution in [1.29, 1.82) is 0 Å². The summed E-state index contributed by atoms with van der Waals surface area (Å²) in [6.07, 6.45) is 7.10. The van der Waals surface area contributed by atoms with E-state index in [1.807, 2.05) is 24.3 Å². The zero-order valence-corrected chi connectivity index (χ0v) is 12.8. The number of H-pyrrole nitrogens is 1. The van der Waals surface area contributed by atoms with E-state index >= 15 is 0 Å². The summed E-state index contributed by atoms with van der Waals surface area (Å²) in [6, 6.07) is 7.67. The molecule has 1 aliphatic heterocycles. The summed E-state index contributed by atoms with van der Waals surface area (Å²) < 4.78 is 6.18. The van der Waals surface area contributed by atoms with E-state index in [0.717, 1.165) is 30.0 Å². The van der Waals surface area contributed by atoms with Gasteiger partial charge in [0.2, 0.25) is 0 Å². The van der Waals surface area contributed by atoms with Gasteiger partial charge >= 0.3 is 0 Å². The number of pyridine rings is 1. The van der Waals surface area contributed by atoms with Crippen molar-refractivity contribution in [3.05, 3.63) is 40.8 Å². The molecule has 2 aromatic rings. The van der Waals surface area contributed by atoms with Gasteiger partial charge in [-0.15, -0.1) is 0 Å². The Bertz CT molecular complexity index is 720. The first kappa shape index (κ1) is 13.8. The predicted molar refractivity (Wildman–Crippen MR) is 87.4 cm³/mol. The van der Waals surface area contributed by atoms with Gasteiger partial charge in [-0.05, 0) is 67.8 Å². The Balaban J connectivity index is 1.46. The molecule has 1 N–H and O–H groups in total. The van der Waals surface area contributed by atoms with Crippen LogP contribution < -0.4 is 10.3 Å². The quantitative estimate of drug-likeness (QED) is 0.944. The van der Waals surface area contributed by atoms with E-state index in [1.54, 1.807) is 6.20 Å². The number of hydrogen-bond donors (Lipinski definition) is 1. The molecule has 1 atom stereocenters. The van der Waals surface area contributed by atoms with Crippen LogP contribution in [0.25, 0.3) is 10.8 Å². The van der Waals surface area contributed by atoms with E-state index in [1.165, 1.54) is 32.4 Å². The first-order valence-electron chi connectivity index (χ1n) is 8.28. The fourth-order valence-electron chi connectivity index (χ4n) is 3.38. The van der Waals surface area contributed by atoms with Gasteiger partial charge in [-0.2, -0.15) is 0 Å². The monoisotopic (exact) mass is 298 g/mol. The van der Waals surface area contributed by atoms with E-state index in [9.17, 15) is 4.79 Å². The lowest BCUT2D eigenvalue weighted by Gasteiger charge is -2.33. The third kappa shape index (κ3) is 3.02. The lowest BCUT2D eigenvalue weighted by Crippen LogP contribution is -2.42. The van der Waals surface area contributed by atoms with E-state index in [0.29, 0.717) is 5.39 Å². The highest BCUT2D eigenvalue weighted by atomic mass is 16.5. The second kappa shape index (κ2) is 5.76. The molecule has 1 unspecified atom stereocenters. The van der Waals surface area contributed by atoms with Crippen molar-refractivity contribution in [3.63, 3.8) is 0 Å². The summed E-state index contributed by atoms with van der Waals surface area (Å²) in [5.41, 5.74) is -0.0441. The van der Waals surface area contributed by atoms with Gasteiger partial charge in [-0.25, -0.2) is 0 Å². The fraction of sp³-hybridized carbons (Fsp3) is 0.500. The van der Waals surface area contributed by atoms with Crippen LogP contribution in [-0.2, 0) is 0 Å². The van der Waals surface area contributed by atoms with Crippen molar-refractivity contribution in [3.8, 4) is 5.75 Å². The number of likely N-dealkylation sites (tertiary alicyclic amines) is 1. The summed E-state index contributed by atoms with van der Waals surface area (Å²) >= 11 is 0. The molecular formula is C18H22N2O2. The molecule has 1 aromatic heterocycles. The molecule has 1 saturated carbocycles. The highest BCUT2D eigenvalue weighted by Crippen LogP contribution is 2.31. The topological polar surface area (TPSA) is 45.3 Å². The van der Waals surface area contributed by atoms with Crippen molar-refractivity contribution in [1.82, 2.24) is 9.88 Å². The maximum absolute atomic E-state index is 11.7. The second-order valence-electron chi connectivity index (χ2n) is 6.64. The molecule has 1 saturated heterocycles. The van der Waals surface area contributed by atoms with Gasteiger partial charge in [0.05, 0.1) is 0 Å². The maximum Gasteiger partial charge on any atom is 0.255 e. The molecule has 2 aliphatic rings. The number of hydrogen-bond acceptors (Lipinski definition) is 3. The van der Waals surface area contributed by atoms with Crippen LogP contribution in [0.3, 0.4) is 0 Å². The van der Waals surface area contributed by atoms with Crippen LogP contribution in [0.5, 0.6) is 5.75 Å². The molecule has 116 valence electrons. The summed E-state index contributed by atoms with van der Waals surface area (Å²) in [5, 5.41) is 1.65. The number of aromatic nitrogens is 1. The normalized spacial score (nSPS) is 22.8. The zero-order valence-electron chi connectivity index (χ0n) is 12.8. The van der Waals surface area contributed by atoms with Crippen LogP contribution in [-0.4, -0.2) is 35.6 Å². The molecule has 4 nitrogen and oxygen atoms in total. The molecule has 0 spiro atoms. The first-order valence-corrected chi connectivity index (χ1v) is 8.28. The lowest BCUT2D eigenvalue weighted by molar-refractivity contribution is 0.0859. The number of ether oxygens (including phenoxy) is 1. The van der Waals surface area contributed by atoms with Crippen LogP contribution >= 0.6 is 0 Å². The Morgan fingerprint density at radius 1 is 1.23 bits per heavy atom. The highest BCUT2D eigenvalue weighted by molar-refractivity contribution is 5.82. The molecule has 0 radical (unpaired) electrons. The molecule has 2 heterocycles. The van der Waals surface area contributed by atoms with Crippen molar-refractivity contribution in [2.45, 2.75) is 31.8 Å². The fourth-order valence-corrected chi connectivity index (χ4v) is 3.38. The van der Waals surface area contributed by atoms with Gasteiger partial charge in [-0.1, -0.05) is 0 Å². The van der Waals surface area contributed by atoms with E-state index in [4.69, 9.17) is 4.74 Å². The Morgan fingerprint density at radius 2 is 2.14 bits per heavy atom. The minimum Gasteiger partial charge on any atom is -0.489 e. The lowest BCUT2D eigenvalue weighted by atomic mass is 10.1. The Labute approximate surface area is 130 Å². The van der Waals surface area contributed by atoms with E-state index in [-0.39, 0.29) is 11.7 Å². The number of nitrogens with zero attached hydrogens (tertiary/aromatic N) is 1. The van der Waals surface area contributed by atoms with Crippen LogP contribution in [0.2, 0.25) is 0 Å². The molecule has 4 rings (SSSR count). The Morgan fingerprint density at radius 3 is 3.00 bits per heavy atom. The van der Waals surface area contributed by atoms with Crippen LogP contribution in [0, 0.1) is 5.92 Å². The highest BCUT2D eigenvalue weighted by Gasteiger charge is 2.28. The minimum atomic E-state index is -0.0441. The molecule has 0 bridgehead atoms. The number of nitrogens with one attached hydrogen (secondary N) is 1. The maximum atomic E-state index is 11.7. The van der Waals surface area contributed by atoms with Gasteiger partial charge < -0.3 is 9.72 Å². The smallest absolute Gasteiger partial charge is 0.255 e. The largest absolute Gasteiger partial charge is 0.489 e. The van der Waals surface area contributed by atoms with Gasteiger partial charge in [-0.3, -0.25) is 9.69 Å². The molecule has 0 amide bonds. The summed E-state index contributed by atoms with van der Waals surface area (Å²) in [4.78, 5) is 17.0. The minimum absolute atomic E-state index is 0.0441. The summed E-state index contributed by atoms with van der Waals surface area (Å²) in [7, 11) is 0. The first-order chi connectivity index (χ1) is 10.8. The van der Waals surface area contributed by atoms with E-state index < -0.39 is 0 Å². The summed E-state index contributed by atoms with van der Waals surface area (Å²) in [5.74, 6) is 1.81. The number of fused-ring (bicyclic) bond motifs is 1. The predicted octanol–water partition coefficient (Wildman–Crippen LogP) is 2.78. The van der Waals surface area contributed by atoms with Crippen LogP contribution in [0.1, 0.15) is 25.7 Å². The van der Waals surface area contributed by atoms with Crippen molar-refractivity contribution < 1.29 is 4.74 Å². The van der Waals surface area contributed by atoms with Gasteiger partial charge in [0.1, 0.15) is 11.9 Å². The number of rotatable bonds is 4. The SMILES string of the molecule is O=c1[nH]ccc2cc(OC3CCCN(CC4CC4)C3)ccc12. The average molecular weight is 298 g/mol. The van der Waals surface area contributed by atoms with Gasteiger partial charge in [0.25, 0.3) is 5.56 Å². The number of aromatic amines is 1. The molecule has 1 aliphatic carbocycles. The third-order valence-corrected chi connectivity index (χ3v) is 4.72. The second-order valence-corrected chi connectivity index (χ2v) is 6.64. The molecule has 2 fully saturated rings. The summed E-state index contributed by atoms with van der Waals surface area (Å²) in [6.45, 7) is 3.49. The molecular weight excluding hydrogens is 276 g/mol. The molecule has 4 heteroatoms. The standard InChI is InChI=1S/C18H22N2O2/c21-18-17-6-5-15(10-14(17)7-8-19-18)22-16-2-1-9-20(12-16)11-13-3-4-13/h5-8,10,13,16H,1-4,9,11-12H2,(H,19,21). The Kier molecular flexibility index (Phi) is 3.62. The molecule has 22 heavy (non-hydrogen) atoms.